The summed E-state index contributed by atoms with van der Waals surface area (Å²) in [6, 6.07) is 0. The second-order valence-electron chi connectivity index (χ2n) is 1.65. The number of carboxylic acids is 1. The molecule has 2 heteroatoms. The van der Waals surface area contributed by atoms with Gasteiger partial charge in [0.1, 0.15) is 0 Å². The molecule has 0 aliphatic rings. The van der Waals surface area contributed by atoms with E-state index in [2.05, 4.69) is 0 Å². The predicted molar refractivity (Wildman–Crippen MR) is 33.8 cm³/mol. The third kappa shape index (κ3) is 3.65. The Balaban J connectivity index is 0. The molecule has 0 aromatic carbocycles. The molecular weight excluding hydrogens is 104 g/mol. The first-order valence-electron chi connectivity index (χ1n) is 2.41. The standard InChI is InChI=1S/C5H10O2.CH4/c1-3-4(2)5(6)7;/h4H,3H2,1-2H3,(H,6,7);1H4. The third-order valence-corrected chi connectivity index (χ3v) is 1.03. The number of carbonyl (C=O) groups is 1. The van der Waals surface area contributed by atoms with E-state index in [4.69, 9.17) is 5.11 Å². The van der Waals surface area contributed by atoms with Gasteiger partial charge in [-0.1, -0.05) is 21.3 Å². The molecule has 0 spiro atoms. The normalized spacial score (nSPS) is 11.8. The van der Waals surface area contributed by atoms with Crippen molar-refractivity contribution in [2.45, 2.75) is 27.7 Å². The maximum Gasteiger partial charge on any atom is 0.306 e. The average molecular weight is 118 g/mol. The molecule has 0 aromatic heterocycles. The SMILES string of the molecule is C.CCC(C)C(=O)O. The van der Waals surface area contributed by atoms with Crippen LogP contribution >= 0.6 is 0 Å². The van der Waals surface area contributed by atoms with Crippen molar-refractivity contribution in [2.24, 2.45) is 5.92 Å². The van der Waals surface area contributed by atoms with Crippen LogP contribution in [0, 0.1) is 5.92 Å². The smallest absolute Gasteiger partial charge is 0.306 e. The van der Waals surface area contributed by atoms with E-state index in [0.717, 1.165) is 6.42 Å². The molecule has 50 valence electrons. The van der Waals surface area contributed by atoms with Gasteiger partial charge in [-0.2, -0.15) is 0 Å². The van der Waals surface area contributed by atoms with Gasteiger partial charge in [0.15, 0.2) is 0 Å². The molecule has 1 N–H and O–H groups in total. The molecule has 0 aliphatic heterocycles. The van der Waals surface area contributed by atoms with Crippen molar-refractivity contribution in [3.63, 3.8) is 0 Å². The van der Waals surface area contributed by atoms with Crippen molar-refractivity contribution in [1.82, 2.24) is 0 Å². The molecule has 2 nitrogen and oxygen atoms in total. The van der Waals surface area contributed by atoms with Crippen molar-refractivity contribution in [2.75, 3.05) is 0 Å². The van der Waals surface area contributed by atoms with Crippen molar-refractivity contribution < 1.29 is 9.90 Å². The lowest BCUT2D eigenvalue weighted by molar-refractivity contribution is -0.141. The quantitative estimate of drug-likeness (QED) is 0.599. The van der Waals surface area contributed by atoms with Crippen LogP contribution in [0.25, 0.3) is 0 Å². The van der Waals surface area contributed by atoms with Crippen LogP contribution in [0.2, 0.25) is 0 Å². The number of hydrogen-bond acceptors (Lipinski definition) is 1. The van der Waals surface area contributed by atoms with E-state index in [1.54, 1.807) is 6.92 Å². The number of carboxylic acid groups (broad SMARTS) is 1. The first-order valence-corrected chi connectivity index (χ1v) is 2.41. The number of aliphatic carboxylic acids is 1. The Morgan fingerprint density at radius 3 is 2.12 bits per heavy atom. The second kappa shape index (κ2) is 4.62. The fourth-order valence-electron chi connectivity index (χ4n) is 0.175. The zero-order valence-electron chi connectivity index (χ0n) is 4.64. The van der Waals surface area contributed by atoms with E-state index >= 15 is 0 Å². The average Bonchev–Trinajstić information content (AvgIpc) is 1.65. The molecule has 8 heavy (non-hydrogen) atoms. The van der Waals surface area contributed by atoms with E-state index in [9.17, 15) is 4.79 Å². The lowest BCUT2D eigenvalue weighted by Gasteiger charge is -1.96. The molecule has 1 unspecified atom stereocenters. The van der Waals surface area contributed by atoms with Crippen LogP contribution in [0.15, 0.2) is 0 Å². The summed E-state index contributed by atoms with van der Waals surface area (Å²) in [6.45, 7) is 3.56. The van der Waals surface area contributed by atoms with Crippen LogP contribution < -0.4 is 0 Å². The lowest BCUT2D eigenvalue weighted by Crippen LogP contribution is -2.06. The zero-order valence-corrected chi connectivity index (χ0v) is 4.64. The molecule has 0 rings (SSSR count). The minimum Gasteiger partial charge on any atom is -0.481 e. The molecule has 1 atom stereocenters. The van der Waals surface area contributed by atoms with Gasteiger partial charge >= 0.3 is 5.97 Å². The summed E-state index contributed by atoms with van der Waals surface area (Å²) in [5.41, 5.74) is 0. The highest BCUT2D eigenvalue weighted by Crippen LogP contribution is 1.97. The van der Waals surface area contributed by atoms with E-state index in [-0.39, 0.29) is 13.3 Å². The van der Waals surface area contributed by atoms with Crippen LogP contribution in [0.4, 0.5) is 0 Å². The Morgan fingerprint density at radius 2 is 2.12 bits per heavy atom. The summed E-state index contributed by atoms with van der Waals surface area (Å²) >= 11 is 0. The first-order chi connectivity index (χ1) is 3.18. The monoisotopic (exact) mass is 118 g/mol. The summed E-state index contributed by atoms with van der Waals surface area (Å²) < 4.78 is 0. The van der Waals surface area contributed by atoms with Gasteiger partial charge in [-0.05, 0) is 6.42 Å². The van der Waals surface area contributed by atoms with Crippen LogP contribution in [0.1, 0.15) is 27.7 Å². The summed E-state index contributed by atoms with van der Waals surface area (Å²) in [6.07, 6.45) is 0.718. The van der Waals surface area contributed by atoms with Gasteiger partial charge < -0.3 is 5.11 Å². The molecular formula is C6H14O2. The van der Waals surface area contributed by atoms with E-state index in [1.807, 2.05) is 6.92 Å². The van der Waals surface area contributed by atoms with Crippen LogP contribution in [-0.2, 0) is 4.79 Å². The largest absolute Gasteiger partial charge is 0.481 e. The van der Waals surface area contributed by atoms with E-state index < -0.39 is 5.97 Å². The first kappa shape index (κ1) is 10.5. The minimum absolute atomic E-state index is 0. The van der Waals surface area contributed by atoms with Crippen molar-refractivity contribution in [1.29, 1.82) is 0 Å². The van der Waals surface area contributed by atoms with Crippen molar-refractivity contribution >= 4 is 5.97 Å². The van der Waals surface area contributed by atoms with E-state index in [1.165, 1.54) is 0 Å². The fourth-order valence-corrected chi connectivity index (χ4v) is 0.175. The molecule has 0 amide bonds. The van der Waals surface area contributed by atoms with Gasteiger partial charge in [0.2, 0.25) is 0 Å². The molecule has 0 saturated heterocycles. The zero-order chi connectivity index (χ0) is 5.86. The number of rotatable bonds is 2. The Hall–Kier alpha value is -0.530. The molecule has 0 aliphatic carbocycles. The van der Waals surface area contributed by atoms with Crippen LogP contribution in [0.3, 0.4) is 0 Å². The highest BCUT2D eigenvalue weighted by molar-refractivity contribution is 5.69. The summed E-state index contributed by atoms with van der Waals surface area (Å²) in [7, 11) is 0. The van der Waals surface area contributed by atoms with Gasteiger partial charge in [-0.15, -0.1) is 0 Å². The van der Waals surface area contributed by atoms with Crippen LogP contribution in [0.5, 0.6) is 0 Å². The Kier molecular flexibility index (Phi) is 6.04. The van der Waals surface area contributed by atoms with Crippen molar-refractivity contribution in [3.05, 3.63) is 0 Å². The Bertz CT molecular complexity index is 68.9. The highest BCUT2D eigenvalue weighted by atomic mass is 16.4. The maximum absolute atomic E-state index is 9.93. The van der Waals surface area contributed by atoms with Crippen molar-refractivity contribution in [3.8, 4) is 0 Å². The summed E-state index contributed by atoms with van der Waals surface area (Å²) in [5, 5.41) is 8.18. The summed E-state index contributed by atoms with van der Waals surface area (Å²) in [4.78, 5) is 9.93. The van der Waals surface area contributed by atoms with Gasteiger partial charge in [-0.25, -0.2) is 0 Å². The fraction of sp³-hybridized carbons (Fsp3) is 0.833. The Morgan fingerprint density at radius 1 is 1.75 bits per heavy atom. The van der Waals surface area contributed by atoms with E-state index in [0.29, 0.717) is 0 Å². The highest BCUT2D eigenvalue weighted by Gasteiger charge is 2.05. The predicted octanol–water partition coefficient (Wildman–Crippen LogP) is 1.75. The summed E-state index contributed by atoms with van der Waals surface area (Å²) in [5.74, 6) is -0.887. The Labute approximate surface area is 50.5 Å². The number of hydrogen-bond donors (Lipinski definition) is 1. The third-order valence-electron chi connectivity index (χ3n) is 1.03. The van der Waals surface area contributed by atoms with Gasteiger partial charge in [0.25, 0.3) is 0 Å². The molecule has 0 bridgehead atoms. The van der Waals surface area contributed by atoms with Gasteiger partial charge in [-0.3, -0.25) is 4.79 Å². The molecule has 0 aromatic rings. The van der Waals surface area contributed by atoms with Gasteiger partial charge in [0.05, 0.1) is 5.92 Å². The van der Waals surface area contributed by atoms with Gasteiger partial charge in [0, 0.05) is 0 Å². The molecule has 0 heterocycles. The molecule has 0 saturated carbocycles. The second-order valence-corrected chi connectivity index (χ2v) is 1.65. The molecule has 0 radical (unpaired) electrons. The van der Waals surface area contributed by atoms with Crippen LogP contribution in [-0.4, -0.2) is 11.1 Å². The lowest BCUT2D eigenvalue weighted by atomic mass is 10.1. The molecule has 0 fully saturated rings. The maximum atomic E-state index is 9.93. The minimum atomic E-state index is -0.706. The topological polar surface area (TPSA) is 37.3 Å².